The van der Waals surface area contributed by atoms with Crippen molar-refractivity contribution in [3.8, 4) is 0 Å². The summed E-state index contributed by atoms with van der Waals surface area (Å²) in [4.78, 5) is 26.7. The molecule has 1 heterocycles. The normalized spacial score (nSPS) is 13.7. The van der Waals surface area contributed by atoms with Crippen LogP contribution in [0.25, 0.3) is 0 Å². The number of benzene rings is 2. The van der Waals surface area contributed by atoms with Gasteiger partial charge in [-0.05, 0) is 73.9 Å². The fraction of sp³-hybridized carbons (Fsp3) is 0.250. The third kappa shape index (κ3) is 5.28. The molecular formula is C20H20ClN3O2S. The molecule has 0 bridgehead atoms. The first-order chi connectivity index (χ1) is 13.0. The van der Waals surface area contributed by atoms with E-state index in [0.717, 1.165) is 25.9 Å². The van der Waals surface area contributed by atoms with Gasteiger partial charge in [-0.25, -0.2) is 0 Å². The van der Waals surface area contributed by atoms with Gasteiger partial charge in [0, 0.05) is 34.9 Å². The summed E-state index contributed by atoms with van der Waals surface area (Å²) >= 11 is 11.0. The molecule has 1 fully saturated rings. The summed E-state index contributed by atoms with van der Waals surface area (Å²) in [6, 6.07) is 13.7. The number of carbonyl (C=O) groups excluding carboxylic acids is 2. The van der Waals surface area contributed by atoms with E-state index < -0.39 is 0 Å². The number of halogens is 1. The highest BCUT2D eigenvalue weighted by atomic mass is 35.5. The molecule has 1 aliphatic heterocycles. The van der Waals surface area contributed by atoms with Crippen LogP contribution in [-0.2, 0) is 0 Å². The number of hydrogen-bond acceptors (Lipinski definition) is 3. The number of piperidine rings is 1. The third-order valence-corrected chi connectivity index (χ3v) is 4.80. The zero-order valence-electron chi connectivity index (χ0n) is 14.7. The second-order valence-electron chi connectivity index (χ2n) is 6.35. The van der Waals surface area contributed by atoms with Crippen LogP contribution in [0.1, 0.15) is 40.0 Å². The zero-order valence-corrected chi connectivity index (χ0v) is 16.3. The lowest BCUT2D eigenvalue weighted by atomic mass is 10.1. The van der Waals surface area contributed by atoms with Gasteiger partial charge in [0.1, 0.15) is 0 Å². The van der Waals surface area contributed by atoms with Crippen molar-refractivity contribution < 1.29 is 9.59 Å². The van der Waals surface area contributed by atoms with Crippen molar-refractivity contribution in [2.24, 2.45) is 0 Å². The van der Waals surface area contributed by atoms with Crippen LogP contribution in [0.3, 0.4) is 0 Å². The van der Waals surface area contributed by atoms with E-state index in [0.29, 0.717) is 21.8 Å². The summed E-state index contributed by atoms with van der Waals surface area (Å²) < 4.78 is 0. The Morgan fingerprint density at radius 3 is 2.37 bits per heavy atom. The monoisotopic (exact) mass is 401 g/mol. The molecule has 1 aliphatic rings. The van der Waals surface area contributed by atoms with Gasteiger partial charge in [-0.1, -0.05) is 17.7 Å². The molecule has 0 aliphatic carbocycles. The van der Waals surface area contributed by atoms with Gasteiger partial charge < -0.3 is 10.2 Å². The molecule has 0 saturated carbocycles. The van der Waals surface area contributed by atoms with Gasteiger partial charge in [0.2, 0.25) is 0 Å². The minimum absolute atomic E-state index is 0.0227. The summed E-state index contributed by atoms with van der Waals surface area (Å²) in [5.74, 6) is -0.306. The number of amides is 2. The molecule has 1 saturated heterocycles. The van der Waals surface area contributed by atoms with E-state index in [4.69, 9.17) is 23.8 Å². The van der Waals surface area contributed by atoms with Crippen molar-refractivity contribution in [3.63, 3.8) is 0 Å². The second-order valence-corrected chi connectivity index (χ2v) is 7.19. The van der Waals surface area contributed by atoms with Crippen LogP contribution in [0.2, 0.25) is 5.02 Å². The quantitative estimate of drug-likeness (QED) is 0.760. The number of rotatable bonds is 3. The molecule has 0 atom stereocenters. The SMILES string of the molecule is O=C(NC(=S)Nc1cccc(C(=O)N2CCCCC2)c1)c1ccc(Cl)cc1. The topological polar surface area (TPSA) is 61.4 Å². The molecule has 27 heavy (non-hydrogen) atoms. The highest BCUT2D eigenvalue weighted by Crippen LogP contribution is 2.16. The summed E-state index contributed by atoms with van der Waals surface area (Å²) in [7, 11) is 0. The van der Waals surface area contributed by atoms with Crippen molar-refractivity contribution in [1.29, 1.82) is 0 Å². The van der Waals surface area contributed by atoms with Crippen molar-refractivity contribution in [3.05, 3.63) is 64.7 Å². The molecule has 2 amide bonds. The molecule has 140 valence electrons. The van der Waals surface area contributed by atoms with Crippen molar-refractivity contribution in [2.45, 2.75) is 19.3 Å². The summed E-state index contributed by atoms with van der Waals surface area (Å²) in [5, 5.41) is 6.30. The van der Waals surface area contributed by atoms with E-state index in [1.807, 2.05) is 4.90 Å². The number of nitrogens with zero attached hydrogens (tertiary/aromatic N) is 1. The van der Waals surface area contributed by atoms with Gasteiger partial charge in [-0.2, -0.15) is 0 Å². The summed E-state index contributed by atoms with van der Waals surface area (Å²) in [6.45, 7) is 1.60. The van der Waals surface area contributed by atoms with Gasteiger partial charge in [-0.3, -0.25) is 14.9 Å². The number of anilines is 1. The standard InChI is InChI=1S/C20H20ClN3O2S/c21-16-9-7-14(8-10-16)18(25)23-20(27)22-17-6-4-5-15(13-17)19(26)24-11-2-1-3-12-24/h4-10,13H,1-3,11-12H2,(H2,22,23,25,27). The molecule has 0 unspecified atom stereocenters. The number of nitrogens with one attached hydrogen (secondary N) is 2. The molecule has 5 nitrogen and oxygen atoms in total. The Balaban J connectivity index is 1.61. The second kappa shape index (κ2) is 8.97. The first kappa shape index (κ1) is 19.3. The van der Waals surface area contributed by atoms with E-state index in [2.05, 4.69) is 10.6 Å². The maximum atomic E-state index is 12.6. The maximum Gasteiger partial charge on any atom is 0.257 e. The minimum Gasteiger partial charge on any atom is -0.339 e. The number of likely N-dealkylation sites (tertiary alicyclic amines) is 1. The van der Waals surface area contributed by atoms with Crippen LogP contribution < -0.4 is 10.6 Å². The largest absolute Gasteiger partial charge is 0.339 e. The summed E-state index contributed by atoms with van der Waals surface area (Å²) in [5.41, 5.74) is 1.71. The van der Waals surface area contributed by atoms with Crippen LogP contribution in [0.15, 0.2) is 48.5 Å². The molecule has 0 radical (unpaired) electrons. The lowest BCUT2D eigenvalue weighted by Crippen LogP contribution is -2.36. The van der Waals surface area contributed by atoms with Gasteiger partial charge in [0.15, 0.2) is 5.11 Å². The third-order valence-electron chi connectivity index (χ3n) is 4.34. The Kier molecular flexibility index (Phi) is 6.42. The van der Waals surface area contributed by atoms with Gasteiger partial charge in [0.25, 0.3) is 11.8 Å². The van der Waals surface area contributed by atoms with Gasteiger partial charge in [-0.15, -0.1) is 0 Å². The van der Waals surface area contributed by atoms with Gasteiger partial charge in [0.05, 0.1) is 0 Å². The van der Waals surface area contributed by atoms with Crippen molar-refractivity contribution in [1.82, 2.24) is 10.2 Å². The fourth-order valence-corrected chi connectivity index (χ4v) is 3.28. The van der Waals surface area contributed by atoms with Crippen LogP contribution in [0.5, 0.6) is 0 Å². The van der Waals surface area contributed by atoms with Crippen molar-refractivity contribution in [2.75, 3.05) is 18.4 Å². The molecule has 0 aromatic heterocycles. The van der Waals surface area contributed by atoms with Crippen LogP contribution >= 0.6 is 23.8 Å². The summed E-state index contributed by atoms with van der Waals surface area (Å²) in [6.07, 6.45) is 3.27. The molecule has 3 rings (SSSR count). The Bertz CT molecular complexity index is 849. The smallest absolute Gasteiger partial charge is 0.257 e. The molecule has 2 aromatic carbocycles. The van der Waals surface area contributed by atoms with Crippen molar-refractivity contribution >= 4 is 46.4 Å². The average molecular weight is 402 g/mol. The van der Waals surface area contributed by atoms with Crippen LogP contribution in [0.4, 0.5) is 5.69 Å². The minimum atomic E-state index is -0.329. The lowest BCUT2D eigenvalue weighted by molar-refractivity contribution is 0.0724. The predicted octanol–water partition coefficient (Wildman–Crippen LogP) is 4.09. The number of thiocarbonyl (C=S) groups is 1. The predicted molar refractivity (Wildman–Crippen MR) is 111 cm³/mol. The first-order valence-electron chi connectivity index (χ1n) is 8.80. The molecule has 2 N–H and O–H groups in total. The van der Waals surface area contributed by atoms with E-state index in [1.165, 1.54) is 6.42 Å². The molecular weight excluding hydrogens is 382 g/mol. The average Bonchev–Trinajstić information content (AvgIpc) is 2.68. The highest BCUT2D eigenvalue weighted by molar-refractivity contribution is 7.80. The molecule has 7 heteroatoms. The number of hydrogen-bond donors (Lipinski definition) is 2. The van der Waals surface area contributed by atoms with Crippen LogP contribution in [-0.4, -0.2) is 34.9 Å². The maximum absolute atomic E-state index is 12.6. The zero-order chi connectivity index (χ0) is 19.2. The Morgan fingerprint density at radius 2 is 1.67 bits per heavy atom. The van der Waals surface area contributed by atoms with Gasteiger partial charge >= 0.3 is 0 Å². The highest BCUT2D eigenvalue weighted by Gasteiger charge is 2.18. The van der Waals surface area contributed by atoms with E-state index in [9.17, 15) is 9.59 Å². The van der Waals surface area contributed by atoms with E-state index >= 15 is 0 Å². The Labute approximate surface area is 168 Å². The van der Waals surface area contributed by atoms with Crippen LogP contribution in [0, 0.1) is 0 Å². The fourth-order valence-electron chi connectivity index (χ4n) is 2.95. The first-order valence-corrected chi connectivity index (χ1v) is 9.59. The lowest BCUT2D eigenvalue weighted by Gasteiger charge is -2.26. The number of carbonyl (C=O) groups is 2. The van der Waals surface area contributed by atoms with E-state index in [-0.39, 0.29) is 16.9 Å². The molecule has 2 aromatic rings. The Morgan fingerprint density at radius 1 is 0.963 bits per heavy atom. The van der Waals surface area contributed by atoms with E-state index in [1.54, 1.807) is 48.5 Å². The Hall–Kier alpha value is -2.44. The molecule has 0 spiro atoms.